The maximum atomic E-state index is 14.9. The molecule has 0 fully saturated rings. The van der Waals surface area contributed by atoms with Crippen LogP contribution in [0.2, 0.25) is 5.02 Å². The van der Waals surface area contributed by atoms with E-state index in [4.69, 9.17) is 11.6 Å². The summed E-state index contributed by atoms with van der Waals surface area (Å²) in [6, 6.07) is 10.3. The van der Waals surface area contributed by atoms with Crippen LogP contribution in [0, 0.1) is 5.82 Å². The number of anilines is 3. The van der Waals surface area contributed by atoms with E-state index < -0.39 is 35.5 Å². The first-order chi connectivity index (χ1) is 16.0. The minimum atomic E-state index is -4.42. The van der Waals surface area contributed by atoms with Crippen LogP contribution in [0.3, 0.4) is 0 Å². The minimum absolute atomic E-state index is 0.0220. The molecule has 0 aliphatic heterocycles. The van der Waals surface area contributed by atoms with Crippen molar-refractivity contribution in [3.8, 4) is 0 Å². The van der Waals surface area contributed by atoms with Crippen LogP contribution in [0.5, 0.6) is 0 Å². The molecular weight excluding hydrogens is 525 g/mol. The summed E-state index contributed by atoms with van der Waals surface area (Å²) in [5, 5.41) is 9.24. The van der Waals surface area contributed by atoms with E-state index in [1.165, 1.54) is 11.6 Å². The summed E-state index contributed by atoms with van der Waals surface area (Å²) in [6.45, 7) is 0.422. The molecule has 0 unspecified atom stereocenters. The molecule has 2 N–H and O–H groups in total. The van der Waals surface area contributed by atoms with Gasteiger partial charge in [-0.05, 0) is 23.8 Å². The number of hydrogen-bond acceptors (Lipinski definition) is 8. The number of hydrogen-bond donors (Lipinski definition) is 2. The van der Waals surface area contributed by atoms with Gasteiger partial charge in [0.25, 0.3) is 10.0 Å². The maximum absolute atomic E-state index is 14.9. The predicted molar refractivity (Wildman–Crippen MR) is 128 cm³/mol. The lowest BCUT2D eigenvalue weighted by atomic mass is 10.2. The second-order valence-electron chi connectivity index (χ2n) is 7.14. The largest absolute Gasteiger partial charge is 0.338 e. The first-order valence-electron chi connectivity index (χ1n) is 9.52. The second kappa shape index (κ2) is 9.33. The normalized spacial score (nSPS) is 12.0. The highest BCUT2D eigenvalue weighted by atomic mass is 35.5. The number of nitrogens with zero attached hydrogens (tertiary/aromatic N) is 3. The zero-order chi connectivity index (χ0) is 24.5. The molecule has 0 spiro atoms. The average Bonchev–Trinajstić information content (AvgIpc) is 3.40. The van der Waals surface area contributed by atoms with E-state index in [1.807, 2.05) is 12.1 Å². The van der Waals surface area contributed by atoms with Gasteiger partial charge in [-0.3, -0.25) is 9.40 Å². The Morgan fingerprint density at radius 2 is 1.82 bits per heavy atom. The molecule has 14 heteroatoms. The number of sulfonamides is 1. The van der Waals surface area contributed by atoms with Gasteiger partial charge in [-0.15, -0.1) is 11.3 Å². The molecule has 0 aliphatic rings. The molecule has 0 radical (unpaired) electrons. The van der Waals surface area contributed by atoms with Crippen molar-refractivity contribution in [2.24, 2.45) is 0 Å². The maximum Gasteiger partial charge on any atom is 0.266 e. The Morgan fingerprint density at radius 1 is 1.09 bits per heavy atom. The third-order valence-corrected chi connectivity index (χ3v) is 8.10. The van der Waals surface area contributed by atoms with Crippen molar-refractivity contribution < 1.29 is 21.2 Å². The Balaban J connectivity index is 1.64. The molecule has 0 saturated heterocycles. The van der Waals surface area contributed by atoms with Crippen molar-refractivity contribution in [2.45, 2.75) is 16.3 Å². The summed E-state index contributed by atoms with van der Waals surface area (Å²) in [6.07, 6.45) is 3.93. The number of rotatable bonds is 8. The molecule has 0 aliphatic carbocycles. The fourth-order valence-electron chi connectivity index (χ4n) is 3.02. The zero-order valence-corrected chi connectivity index (χ0v) is 20.6. The molecule has 178 valence electrons. The Bertz CT molecular complexity index is 1540. The quantitative estimate of drug-likeness (QED) is 0.321. The van der Waals surface area contributed by atoms with E-state index in [-0.39, 0.29) is 16.6 Å². The smallest absolute Gasteiger partial charge is 0.266 e. The van der Waals surface area contributed by atoms with Gasteiger partial charge >= 0.3 is 0 Å². The summed E-state index contributed by atoms with van der Waals surface area (Å²) < 4.78 is 68.7. The second-order valence-corrected chi connectivity index (χ2v) is 12.1. The fraction of sp³-hybridized carbons (Fsp3) is 0.100. The number of halogens is 2. The molecule has 0 amide bonds. The van der Waals surface area contributed by atoms with Gasteiger partial charge in [-0.1, -0.05) is 23.7 Å². The van der Waals surface area contributed by atoms with Crippen molar-refractivity contribution >= 4 is 59.4 Å². The number of sulfone groups is 1. The van der Waals surface area contributed by atoms with Crippen molar-refractivity contribution in [1.82, 2.24) is 14.8 Å². The molecular formula is C20H17ClFN5O4S3. The summed E-state index contributed by atoms with van der Waals surface area (Å²) in [4.78, 5) is 2.58. The number of thiazole rings is 1. The average molecular weight is 542 g/mol. The highest BCUT2D eigenvalue weighted by molar-refractivity contribution is 7.93. The van der Waals surface area contributed by atoms with Gasteiger partial charge in [0, 0.05) is 41.2 Å². The molecule has 2 aromatic carbocycles. The van der Waals surface area contributed by atoms with Crippen LogP contribution in [0.25, 0.3) is 0 Å². The lowest BCUT2D eigenvalue weighted by Crippen LogP contribution is -2.16. The van der Waals surface area contributed by atoms with E-state index in [0.29, 0.717) is 11.6 Å². The highest BCUT2D eigenvalue weighted by Crippen LogP contribution is 2.31. The number of benzene rings is 2. The monoisotopic (exact) mass is 541 g/mol. The third kappa shape index (κ3) is 5.55. The van der Waals surface area contributed by atoms with Crippen molar-refractivity contribution in [2.75, 3.05) is 16.3 Å². The van der Waals surface area contributed by atoms with Gasteiger partial charge in [0.05, 0.1) is 17.1 Å². The van der Waals surface area contributed by atoms with E-state index in [2.05, 4.69) is 20.1 Å². The fourth-order valence-corrected chi connectivity index (χ4v) is 5.94. The van der Waals surface area contributed by atoms with Gasteiger partial charge in [-0.2, -0.15) is 5.10 Å². The summed E-state index contributed by atoms with van der Waals surface area (Å²) >= 11 is 6.89. The topological polar surface area (TPSA) is 123 Å². The molecule has 34 heavy (non-hydrogen) atoms. The van der Waals surface area contributed by atoms with E-state index in [0.717, 1.165) is 35.3 Å². The van der Waals surface area contributed by atoms with Crippen LogP contribution in [0.1, 0.15) is 5.56 Å². The van der Waals surface area contributed by atoms with Gasteiger partial charge < -0.3 is 5.32 Å². The SMILES string of the molecule is CS(=O)(=O)c1cc(S(=O)(=O)Nc2nccs2)c(F)cc1Nc1ccn(Cc2ccc(Cl)cc2)n1. The van der Waals surface area contributed by atoms with E-state index in [1.54, 1.807) is 29.1 Å². The van der Waals surface area contributed by atoms with Gasteiger partial charge in [0.2, 0.25) is 0 Å². The van der Waals surface area contributed by atoms with Crippen molar-refractivity contribution in [3.63, 3.8) is 0 Å². The summed E-state index contributed by atoms with van der Waals surface area (Å²) in [5.74, 6) is -0.894. The Hall–Kier alpha value is -3.00. The Morgan fingerprint density at radius 3 is 2.47 bits per heavy atom. The molecule has 4 rings (SSSR count). The summed E-state index contributed by atoms with van der Waals surface area (Å²) in [5.41, 5.74) is 0.786. The molecule has 2 heterocycles. The molecule has 4 aromatic rings. The number of nitrogens with one attached hydrogen (secondary N) is 2. The minimum Gasteiger partial charge on any atom is -0.338 e. The van der Waals surface area contributed by atoms with E-state index >= 15 is 0 Å². The van der Waals surface area contributed by atoms with Crippen molar-refractivity contribution in [1.29, 1.82) is 0 Å². The molecule has 2 aromatic heterocycles. The molecule has 0 saturated carbocycles. The first-order valence-corrected chi connectivity index (χ1v) is 14.2. The predicted octanol–water partition coefficient (Wildman–Crippen LogP) is 4.13. The van der Waals surface area contributed by atoms with Crippen LogP contribution in [0.15, 0.2) is 70.0 Å². The van der Waals surface area contributed by atoms with Crippen LogP contribution < -0.4 is 10.0 Å². The third-order valence-electron chi connectivity index (χ3n) is 4.54. The molecule has 0 atom stereocenters. The van der Waals surface area contributed by atoms with Gasteiger partial charge in [0.15, 0.2) is 20.8 Å². The lowest BCUT2D eigenvalue weighted by molar-refractivity contribution is 0.568. The van der Waals surface area contributed by atoms with Crippen LogP contribution in [-0.4, -0.2) is 37.9 Å². The number of aromatic nitrogens is 3. The Labute approximate surface area is 204 Å². The van der Waals surface area contributed by atoms with E-state index in [9.17, 15) is 21.2 Å². The molecule has 9 nitrogen and oxygen atoms in total. The van der Waals surface area contributed by atoms with Crippen LogP contribution in [0.4, 0.5) is 21.0 Å². The first kappa shape index (κ1) is 24.1. The summed E-state index contributed by atoms with van der Waals surface area (Å²) in [7, 11) is -8.36. The standard InChI is InChI=1S/C20H17ClFN5O4S3/c1-33(28,29)18-11-17(34(30,31)26-20-23-7-9-32-20)15(22)10-16(18)24-19-6-8-27(25-19)12-13-2-4-14(21)5-3-13/h2-11H,12H2,1H3,(H,23,26)(H,24,25). The van der Waals surface area contributed by atoms with Crippen molar-refractivity contribution in [3.05, 3.63) is 76.6 Å². The van der Waals surface area contributed by atoms with Gasteiger partial charge in [0.1, 0.15) is 10.7 Å². The zero-order valence-electron chi connectivity index (χ0n) is 17.4. The molecule has 0 bridgehead atoms. The highest BCUT2D eigenvalue weighted by Gasteiger charge is 2.26. The van der Waals surface area contributed by atoms with Crippen LogP contribution in [-0.2, 0) is 26.4 Å². The Kier molecular flexibility index (Phi) is 6.62. The van der Waals surface area contributed by atoms with Gasteiger partial charge in [-0.25, -0.2) is 26.2 Å². The lowest BCUT2D eigenvalue weighted by Gasteiger charge is -2.13. The van der Waals surface area contributed by atoms with Crippen LogP contribution >= 0.6 is 22.9 Å².